The maximum Gasteiger partial charge on any atom is 0.251 e. The predicted octanol–water partition coefficient (Wildman–Crippen LogP) is 3.19. The van der Waals surface area contributed by atoms with Crippen molar-refractivity contribution in [1.29, 1.82) is 0 Å². The Morgan fingerprint density at radius 3 is 2.58 bits per heavy atom. The molecule has 1 spiro atoms. The molecule has 0 aromatic heterocycles. The van der Waals surface area contributed by atoms with Gasteiger partial charge in [0.25, 0.3) is 6.43 Å². The van der Waals surface area contributed by atoms with Crippen molar-refractivity contribution in [1.82, 2.24) is 20.4 Å². The molecule has 5 rings (SSSR count). The smallest absolute Gasteiger partial charge is 0.251 e. The number of amides is 1. The molecule has 0 bridgehead atoms. The number of carbonyl (C=O) groups is 1. The third kappa shape index (κ3) is 5.08. The second kappa shape index (κ2) is 9.65. The number of fused-ring (bicyclic) bond motifs is 1. The van der Waals surface area contributed by atoms with Gasteiger partial charge in [-0.25, -0.2) is 13.2 Å². The van der Waals surface area contributed by atoms with Crippen LogP contribution in [0.25, 0.3) is 0 Å². The van der Waals surface area contributed by atoms with Crippen molar-refractivity contribution in [3.63, 3.8) is 0 Å². The lowest BCUT2D eigenvalue weighted by Gasteiger charge is -2.57. The van der Waals surface area contributed by atoms with Gasteiger partial charge in [0.05, 0.1) is 12.6 Å². The Bertz CT molecular complexity index is 675. The first-order chi connectivity index (χ1) is 15.8. The summed E-state index contributed by atoms with van der Waals surface area (Å²) in [5, 5.41) is 6.76. The highest BCUT2D eigenvalue weighted by molar-refractivity contribution is 5.82. The number of alkyl halides is 3. The SMILES string of the molecule is CC1CCC(F)C2CC(C(=O)NC3CCCC(N4CC5(CCN(CC(F)F)CC5)C4)C3)NC12. The Balaban J connectivity index is 1.07. The maximum absolute atomic E-state index is 14.4. The number of halogens is 3. The summed E-state index contributed by atoms with van der Waals surface area (Å²) < 4.78 is 39.7. The molecule has 3 heterocycles. The first-order valence-corrected chi connectivity index (χ1v) is 13.3. The summed E-state index contributed by atoms with van der Waals surface area (Å²) in [4.78, 5) is 17.5. The van der Waals surface area contributed by atoms with E-state index in [1.165, 1.54) is 6.42 Å². The lowest BCUT2D eigenvalue weighted by molar-refractivity contribution is -0.124. The van der Waals surface area contributed by atoms with Crippen LogP contribution >= 0.6 is 0 Å². The molecule has 7 atom stereocenters. The van der Waals surface area contributed by atoms with Crippen molar-refractivity contribution in [2.45, 2.75) is 101 Å². The molecule has 2 saturated carbocycles. The fraction of sp³-hybridized carbons (Fsp3) is 0.960. The standard InChI is InChI=1S/C25H41F3N4O/c1-16-5-6-20(26)19-12-21(30-23(16)19)24(33)29-17-3-2-4-18(11-17)32-14-25(15-32)7-9-31(10-8-25)13-22(27)28/h16-23,30H,2-15H2,1H3,(H,29,33). The van der Waals surface area contributed by atoms with Crippen LogP contribution in [0.5, 0.6) is 0 Å². The quantitative estimate of drug-likeness (QED) is 0.648. The molecule has 1 amide bonds. The van der Waals surface area contributed by atoms with E-state index in [4.69, 9.17) is 0 Å². The average molecular weight is 471 g/mol. The minimum atomic E-state index is -2.24. The average Bonchev–Trinajstić information content (AvgIpc) is 3.22. The number of nitrogens with one attached hydrogen (secondary N) is 2. The molecule has 3 aliphatic heterocycles. The third-order valence-corrected chi connectivity index (χ3v) is 9.55. The zero-order chi connectivity index (χ0) is 23.2. The van der Waals surface area contributed by atoms with E-state index in [1.807, 2.05) is 4.90 Å². The van der Waals surface area contributed by atoms with Gasteiger partial charge in [-0.15, -0.1) is 0 Å². The minimum absolute atomic E-state index is 0.0204. The third-order valence-electron chi connectivity index (χ3n) is 9.55. The molecule has 7 unspecified atom stereocenters. The van der Waals surface area contributed by atoms with E-state index in [-0.39, 0.29) is 36.5 Å². The lowest BCUT2D eigenvalue weighted by Crippen LogP contribution is -2.64. The van der Waals surface area contributed by atoms with Gasteiger partial charge < -0.3 is 10.6 Å². The highest BCUT2D eigenvalue weighted by atomic mass is 19.3. The molecule has 5 fully saturated rings. The molecule has 2 aliphatic carbocycles. The number of nitrogens with zero attached hydrogens (tertiary/aromatic N) is 2. The fourth-order valence-electron chi connectivity index (χ4n) is 7.52. The summed E-state index contributed by atoms with van der Waals surface area (Å²) in [6.45, 7) is 5.80. The van der Waals surface area contributed by atoms with Gasteiger partial charge in [-0.3, -0.25) is 14.6 Å². The van der Waals surface area contributed by atoms with Crippen LogP contribution in [-0.4, -0.2) is 85.2 Å². The summed E-state index contributed by atoms with van der Waals surface area (Å²) in [6.07, 6.45) is 5.47. The number of likely N-dealkylation sites (tertiary alicyclic amines) is 2. The monoisotopic (exact) mass is 470 g/mol. The lowest BCUT2D eigenvalue weighted by atomic mass is 9.70. The van der Waals surface area contributed by atoms with Crippen molar-refractivity contribution in [3.05, 3.63) is 0 Å². The Morgan fingerprint density at radius 1 is 1.12 bits per heavy atom. The fourth-order valence-corrected chi connectivity index (χ4v) is 7.52. The largest absolute Gasteiger partial charge is 0.352 e. The van der Waals surface area contributed by atoms with Crippen LogP contribution in [-0.2, 0) is 4.79 Å². The van der Waals surface area contributed by atoms with Gasteiger partial charge in [-0.05, 0) is 82.2 Å². The maximum atomic E-state index is 14.4. The van der Waals surface area contributed by atoms with Gasteiger partial charge in [0, 0.05) is 37.1 Å². The first kappa shape index (κ1) is 23.9. The molecule has 0 radical (unpaired) electrons. The van der Waals surface area contributed by atoms with E-state index in [2.05, 4.69) is 22.5 Å². The number of hydrogen-bond donors (Lipinski definition) is 2. The van der Waals surface area contributed by atoms with Gasteiger partial charge in [-0.1, -0.05) is 6.92 Å². The Morgan fingerprint density at radius 2 is 1.88 bits per heavy atom. The molecule has 188 valence electrons. The van der Waals surface area contributed by atoms with Gasteiger partial charge in [0.15, 0.2) is 0 Å². The van der Waals surface area contributed by atoms with Crippen LogP contribution < -0.4 is 10.6 Å². The number of piperidine rings is 1. The summed E-state index contributed by atoms with van der Waals surface area (Å²) >= 11 is 0. The van der Waals surface area contributed by atoms with Crippen molar-refractivity contribution in [2.24, 2.45) is 17.3 Å². The van der Waals surface area contributed by atoms with Crippen molar-refractivity contribution < 1.29 is 18.0 Å². The van der Waals surface area contributed by atoms with Gasteiger partial charge in [0.1, 0.15) is 6.17 Å². The van der Waals surface area contributed by atoms with Crippen molar-refractivity contribution in [3.8, 4) is 0 Å². The summed E-state index contributed by atoms with van der Waals surface area (Å²) in [5.74, 6) is 0.466. The highest BCUT2D eigenvalue weighted by Gasteiger charge is 2.49. The first-order valence-electron chi connectivity index (χ1n) is 13.3. The van der Waals surface area contributed by atoms with E-state index >= 15 is 0 Å². The number of carbonyl (C=O) groups excluding carboxylic acids is 1. The topological polar surface area (TPSA) is 47.6 Å². The summed E-state index contributed by atoms with van der Waals surface area (Å²) in [6, 6.07) is 0.574. The Kier molecular flexibility index (Phi) is 6.98. The summed E-state index contributed by atoms with van der Waals surface area (Å²) in [7, 11) is 0. The number of hydrogen-bond acceptors (Lipinski definition) is 4. The van der Waals surface area contributed by atoms with E-state index in [9.17, 15) is 18.0 Å². The van der Waals surface area contributed by atoms with Crippen LogP contribution in [0.15, 0.2) is 0 Å². The van der Waals surface area contributed by atoms with E-state index in [0.29, 0.717) is 30.2 Å². The van der Waals surface area contributed by atoms with Gasteiger partial charge >= 0.3 is 0 Å². The molecule has 5 nitrogen and oxygen atoms in total. The normalized spacial score (nSPS) is 41.7. The summed E-state index contributed by atoms with van der Waals surface area (Å²) in [5.41, 5.74) is 0.318. The van der Waals surface area contributed by atoms with Gasteiger partial charge in [0.2, 0.25) is 5.91 Å². The van der Waals surface area contributed by atoms with Crippen LogP contribution in [0.2, 0.25) is 0 Å². The van der Waals surface area contributed by atoms with Gasteiger partial charge in [-0.2, -0.15) is 0 Å². The van der Waals surface area contributed by atoms with Crippen LogP contribution in [0.1, 0.15) is 64.7 Å². The zero-order valence-corrected chi connectivity index (χ0v) is 20.0. The second-order valence-corrected chi connectivity index (χ2v) is 11.8. The van der Waals surface area contributed by atoms with Crippen LogP contribution in [0.3, 0.4) is 0 Å². The Hall–Kier alpha value is -0.860. The van der Waals surface area contributed by atoms with Crippen LogP contribution in [0.4, 0.5) is 13.2 Å². The van der Waals surface area contributed by atoms with Crippen molar-refractivity contribution in [2.75, 3.05) is 32.7 Å². The molecule has 8 heteroatoms. The molecular formula is C25H41F3N4O. The van der Waals surface area contributed by atoms with E-state index in [1.54, 1.807) is 0 Å². The zero-order valence-electron chi connectivity index (χ0n) is 20.0. The second-order valence-electron chi connectivity index (χ2n) is 11.8. The predicted molar refractivity (Wildman–Crippen MR) is 122 cm³/mol. The minimum Gasteiger partial charge on any atom is -0.352 e. The molecule has 3 saturated heterocycles. The van der Waals surface area contributed by atoms with E-state index in [0.717, 1.165) is 64.7 Å². The molecule has 5 aliphatic rings. The molecular weight excluding hydrogens is 429 g/mol. The molecule has 33 heavy (non-hydrogen) atoms. The molecule has 2 N–H and O–H groups in total. The Labute approximate surface area is 196 Å². The molecule has 0 aromatic rings. The highest BCUT2D eigenvalue weighted by Crippen LogP contribution is 2.43. The number of rotatable bonds is 5. The molecule has 0 aromatic carbocycles. The van der Waals surface area contributed by atoms with Crippen LogP contribution in [0, 0.1) is 17.3 Å². The van der Waals surface area contributed by atoms with Crippen molar-refractivity contribution >= 4 is 5.91 Å². The van der Waals surface area contributed by atoms with E-state index < -0.39 is 12.6 Å².